The van der Waals surface area contributed by atoms with Gasteiger partial charge >= 0.3 is 0 Å². The molecule has 5 nitrogen and oxygen atoms in total. The summed E-state index contributed by atoms with van der Waals surface area (Å²) in [5.74, 6) is 2.53. The molecule has 1 saturated heterocycles. The highest BCUT2D eigenvalue weighted by molar-refractivity contribution is 7.13. The summed E-state index contributed by atoms with van der Waals surface area (Å²) < 4.78 is 5.59. The Bertz CT molecular complexity index is 671. The number of rotatable bonds is 6. The van der Waals surface area contributed by atoms with E-state index in [2.05, 4.69) is 17.2 Å². The molecular formula is C18H25N3O2S. The summed E-state index contributed by atoms with van der Waals surface area (Å²) in [6.45, 7) is 7.86. The number of carbonyl (C=O) groups is 1. The van der Waals surface area contributed by atoms with Gasteiger partial charge in [0.25, 0.3) is 0 Å². The highest BCUT2D eigenvalue weighted by Gasteiger charge is 2.23. The first kappa shape index (κ1) is 17.2. The van der Waals surface area contributed by atoms with Crippen molar-refractivity contribution in [1.29, 1.82) is 0 Å². The SMILES string of the molecule is CCNCC1CCN(C(=O)Cc2csc(-c3ccc(C)o3)n2)CC1. The molecule has 0 saturated carbocycles. The predicted octanol–water partition coefficient (Wildman–Crippen LogP) is 3.10. The lowest BCUT2D eigenvalue weighted by atomic mass is 9.96. The molecule has 0 spiro atoms. The average molecular weight is 347 g/mol. The quantitative estimate of drug-likeness (QED) is 0.872. The average Bonchev–Trinajstić information content (AvgIpc) is 3.22. The van der Waals surface area contributed by atoms with Crippen LogP contribution in [0.25, 0.3) is 10.8 Å². The van der Waals surface area contributed by atoms with Crippen molar-refractivity contribution in [3.05, 3.63) is 29.0 Å². The van der Waals surface area contributed by atoms with E-state index in [9.17, 15) is 4.79 Å². The number of amides is 1. The summed E-state index contributed by atoms with van der Waals surface area (Å²) in [5, 5.41) is 6.21. The molecule has 1 N–H and O–H groups in total. The number of aromatic nitrogens is 1. The van der Waals surface area contributed by atoms with Gasteiger partial charge in [-0.15, -0.1) is 11.3 Å². The lowest BCUT2D eigenvalue weighted by molar-refractivity contribution is -0.131. The number of aryl methyl sites for hydroxylation is 1. The van der Waals surface area contributed by atoms with Crippen LogP contribution in [0.1, 0.15) is 31.2 Å². The third-order valence-electron chi connectivity index (χ3n) is 4.49. The summed E-state index contributed by atoms with van der Waals surface area (Å²) in [4.78, 5) is 19.0. The van der Waals surface area contributed by atoms with Crippen molar-refractivity contribution in [1.82, 2.24) is 15.2 Å². The van der Waals surface area contributed by atoms with Gasteiger partial charge in [0.1, 0.15) is 5.76 Å². The van der Waals surface area contributed by atoms with Gasteiger partial charge in [-0.1, -0.05) is 6.92 Å². The van der Waals surface area contributed by atoms with Crippen LogP contribution in [0, 0.1) is 12.8 Å². The fourth-order valence-electron chi connectivity index (χ4n) is 3.05. The molecule has 24 heavy (non-hydrogen) atoms. The minimum absolute atomic E-state index is 0.185. The summed E-state index contributed by atoms with van der Waals surface area (Å²) in [5.41, 5.74) is 0.837. The second-order valence-corrected chi connectivity index (χ2v) is 7.22. The number of likely N-dealkylation sites (tertiary alicyclic amines) is 1. The van der Waals surface area contributed by atoms with E-state index in [1.165, 1.54) is 11.3 Å². The number of nitrogens with zero attached hydrogens (tertiary/aromatic N) is 2. The molecule has 3 rings (SSSR count). The molecule has 0 unspecified atom stereocenters. The van der Waals surface area contributed by atoms with Crippen LogP contribution < -0.4 is 5.32 Å². The van der Waals surface area contributed by atoms with Crippen molar-refractivity contribution in [2.45, 2.75) is 33.1 Å². The molecule has 1 amide bonds. The number of nitrogens with one attached hydrogen (secondary N) is 1. The van der Waals surface area contributed by atoms with Crippen LogP contribution in [0.2, 0.25) is 0 Å². The topological polar surface area (TPSA) is 58.4 Å². The van der Waals surface area contributed by atoms with E-state index in [0.717, 1.165) is 61.2 Å². The van der Waals surface area contributed by atoms with Crippen molar-refractivity contribution < 1.29 is 9.21 Å². The minimum atomic E-state index is 0.185. The number of furan rings is 1. The van der Waals surface area contributed by atoms with Crippen LogP contribution in [0.4, 0.5) is 0 Å². The van der Waals surface area contributed by atoms with Crippen molar-refractivity contribution in [2.75, 3.05) is 26.2 Å². The number of carbonyl (C=O) groups excluding carboxylic acids is 1. The molecule has 0 aromatic carbocycles. The molecule has 1 fully saturated rings. The van der Waals surface area contributed by atoms with Crippen molar-refractivity contribution >= 4 is 17.2 Å². The molecule has 0 aliphatic carbocycles. The standard InChI is InChI=1S/C18H25N3O2S/c1-3-19-11-14-6-8-21(9-7-14)17(22)10-15-12-24-18(20-15)16-5-4-13(2)23-16/h4-5,12,14,19H,3,6-11H2,1-2H3. The Morgan fingerprint density at radius 2 is 2.21 bits per heavy atom. The van der Waals surface area contributed by atoms with Crippen LogP contribution in [-0.4, -0.2) is 42.0 Å². The zero-order valence-corrected chi connectivity index (χ0v) is 15.2. The maximum Gasteiger partial charge on any atom is 0.228 e. The van der Waals surface area contributed by atoms with Gasteiger partial charge in [-0.05, 0) is 50.9 Å². The van der Waals surface area contributed by atoms with E-state index in [0.29, 0.717) is 12.3 Å². The highest BCUT2D eigenvalue weighted by atomic mass is 32.1. The number of hydrogen-bond acceptors (Lipinski definition) is 5. The van der Waals surface area contributed by atoms with Gasteiger partial charge in [-0.25, -0.2) is 4.98 Å². The molecule has 0 atom stereocenters. The third kappa shape index (κ3) is 4.24. The normalized spacial score (nSPS) is 15.8. The van der Waals surface area contributed by atoms with E-state index < -0.39 is 0 Å². The summed E-state index contributed by atoms with van der Waals surface area (Å²) in [7, 11) is 0. The van der Waals surface area contributed by atoms with Crippen LogP contribution in [0.15, 0.2) is 21.9 Å². The summed E-state index contributed by atoms with van der Waals surface area (Å²) >= 11 is 1.53. The maximum atomic E-state index is 12.5. The van der Waals surface area contributed by atoms with Gasteiger partial charge < -0.3 is 14.6 Å². The smallest absolute Gasteiger partial charge is 0.228 e. The van der Waals surface area contributed by atoms with E-state index in [-0.39, 0.29) is 5.91 Å². The Labute approximate surface area is 147 Å². The molecule has 0 radical (unpaired) electrons. The van der Waals surface area contributed by atoms with Gasteiger partial charge in [0.15, 0.2) is 10.8 Å². The number of piperidine rings is 1. The Hall–Kier alpha value is -1.66. The largest absolute Gasteiger partial charge is 0.459 e. The van der Waals surface area contributed by atoms with Gasteiger partial charge in [-0.2, -0.15) is 0 Å². The second-order valence-electron chi connectivity index (χ2n) is 6.36. The lowest BCUT2D eigenvalue weighted by Gasteiger charge is -2.32. The Balaban J connectivity index is 1.51. The van der Waals surface area contributed by atoms with Crippen LogP contribution in [0.3, 0.4) is 0 Å². The monoisotopic (exact) mass is 347 g/mol. The maximum absolute atomic E-state index is 12.5. The Morgan fingerprint density at radius 3 is 2.88 bits per heavy atom. The number of hydrogen-bond donors (Lipinski definition) is 1. The molecule has 2 aromatic rings. The van der Waals surface area contributed by atoms with E-state index in [1.54, 1.807) is 0 Å². The fraction of sp³-hybridized carbons (Fsp3) is 0.556. The Morgan fingerprint density at radius 1 is 1.42 bits per heavy atom. The fourth-order valence-corrected chi connectivity index (χ4v) is 3.83. The molecule has 0 bridgehead atoms. The summed E-state index contributed by atoms with van der Waals surface area (Å²) in [6, 6.07) is 3.86. The van der Waals surface area contributed by atoms with Crippen molar-refractivity contribution in [3.8, 4) is 10.8 Å². The lowest BCUT2D eigenvalue weighted by Crippen LogP contribution is -2.41. The molecule has 3 heterocycles. The molecular weight excluding hydrogens is 322 g/mol. The molecule has 2 aromatic heterocycles. The minimum Gasteiger partial charge on any atom is -0.459 e. The molecule has 6 heteroatoms. The van der Waals surface area contributed by atoms with Gasteiger partial charge in [0.05, 0.1) is 12.1 Å². The first-order valence-corrected chi connectivity index (χ1v) is 9.53. The zero-order chi connectivity index (χ0) is 16.9. The summed E-state index contributed by atoms with van der Waals surface area (Å²) in [6.07, 6.45) is 2.56. The van der Waals surface area contributed by atoms with Crippen molar-refractivity contribution in [3.63, 3.8) is 0 Å². The molecule has 1 aliphatic heterocycles. The number of thiazole rings is 1. The van der Waals surface area contributed by atoms with Crippen LogP contribution in [-0.2, 0) is 11.2 Å². The first-order valence-electron chi connectivity index (χ1n) is 8.65. The van der Waals surface area contributed by atoms with Gasteiger partial charge in [-0.3, -0.25) is 4.79 Å². The van der Waals surface area contributed by atoms with E-state index in [1.807, 2.05) is 29.3 Å². The third-order valence-corrected chi connectivity index (χ3v) is 5.39. The predicted molar refractivity (Wildman–Crippen MR) is 96.1 cm³/mol. The zero-order valence-electron chi connectivity index (χ0n) is 14.4. The molecule has 130 valence electrons. The van der Waals surface area contributed by atoms with Crippen LogP contribution in [0.5, 0.6) is 0 Å². The van der Waals surface area contributed by atoms with E-state index >= 15 is 0 Å². The van der Waals surface area contributed by atoms with E-state index in [4.69, 9.17) is 4.42 Å². The highest BCUT2D eigenvalue weighted by Crippen LogP contribution is 2.26. The second kappa shape index (κ2) is 7.94. The Kier molecular flexibility index (Phi) is 5.68. The first-order chi connectivity index (χ1) is 11.7. The molecule has 1 aliphatic rings. The van der Waals surface area contributed by atoms with Crippen molar-refractivity contribution in [2.24, 2.45) is 5.92 Å². The van der Waals surface area contributed by atoms with Gasteiger partial charge in [0, 0.05) is 18.5 Å². The van der Waals surface area contributed by atoms with Crippen LogP contribution >= 0.6 is 11.3 Å². The van der Waals surface area contributed by atoms with Gasteiger partial charge in [0.2, 0.25) is 5.91 Å².